The van der Waals surface area contributed by atoms with Crippen molar-refractivity contribution in [1.82, 2.24) is 19.9 Å². The number of rotatable bonds is 5. The van der Waals surface area contributed by atoms with Crippen LogP contribution < -0.4 is 5.32 Å². The number of nitrogens with one attached hydrogen (secondary N) is 1. The zero-order valence-corrected chi connectivity index (χ0v) is 15.4. The van der Waals surface area contributed by atoms with Crippen LogP contribution in [0.4, 0.5) is 5.88 Å². The van der Waals surface area contributed by atoms with Gasteiger partial charge in [-0.15, -0.1) is 0 Å². The number of carbonyl (C=O) groups excluding carboxylic acids is 2. The maximum Gasteiger partial charge on any atom is 0.340 e. The van der Waals surface area contributed by atoms with Gasteiger partial charge in [-0.2, -0.15) is 5.10 Å². The van der Waals surface area contributed by atoms with Gasteiger partial charge >= 0.3 is 5.97 Å². The Balaban J connectivity index is 1.63. The molecule has 0 aliphatic rings. The standard InChI is InChI=1S/C18H19N5O4/c1-10-7-12(3)23(21-10)15-6-5-14(9-19-15)18(25)26-13(4)17(24)20-16-8-11(2)22-27-16/h5-9,13H,1-4H3,(H,20,24). The average Bonchev–Trinajstić information content (AvgIpc) is 3.19. The second-order valence-corrected chi connectivity index (χ2v) is 6.11. The van der Waals surface area contributed by atoms with E-state index in [1.54, 1.807) is 29.8 Å². The lowest BCUT2D eigenvalue weighted by Crippen LogP contribution is -2.29. The molecule has 1 unspecified atom stereocenters. The molecule has 140 valence electrons. The zero-order valence-electron chi connectivity index (χ0n) is 15.4. The van der Waals surface area contributed by atoms with E-state index in [1.807, 2.05) is 19.9 Å². The average molecular weight is 369 g/mol. The fourth-order valence-electron chi connectivity index (χ4n) is 2.42. The second kappa shape index (κ2) is 7.40. The number of aromatic nitrogens is 4. The van der Waals surface area contributed by atoms with Crippen molar-refractivity contribution in [3.05, 3.63) is 53.1 Å². The maximum absolute atomic E-state index is 12.2. The highest BCUT2D eigenvalue weighted by Gasteiger charge is 2.20. The molecule has 3 aromatic heterocycles. The number of nitrogens with zero attached hydrogens (tertiary/aromatic N) is 4. The highest BCUT2D eigenvalue weighted by molar-refractivity contribution is 5.96. The van der Waals surface area contributed by atoms with Crippen LogP contribution in [0.25, 0.3) is 5.82 Å². The van der Waals surface area contributed by atoms with Crippen LogP contribution in [0.5, 0.6) is 0 Å². The summed E-state index contributed by atoms with van der Waals surface area (Å²) < 4.78 is 11.8. The summed E-state index contributed by atoms with van der Waals surface area (Å²) in [6.07, 6.45) is 0.372. The molecule has 1 amide bonds. The van der Waals surface area contributed by atoms with Gasteiger partial charge in [-0.3, -0.25) is 10.1 Å². The number of hydrogen-bond acceptors (Lipinski definition) is 7. The molecule has 1 N–H and O–H groups in total. The Morgan fingerprint density at radius 3 is 2.52 bits per heavy atom. The third kappa shape index (κ3) is 4.20. The molecule has 0 saturated heterocycles. The second-order valence-electron chi connectivity index (χ2n) is 6.11. The van der Waals surface area contributed by atoms with Crippen molar-refractivity contribution in [2.24, 2.45) is 0 Å². The lowest BCUT2D eigenvalue weighted by Gasteiger charge is -2.12. The van der Waals surface area contributed by atoms with Crippen LogP contribution >= 0.6 is 0 Å². The van der Waals surface area contributed by atoms with Gasteiger partial charge in [0.05, 0.1) is 17.0 Å². The monoisotopic (exact) mass is 369 g/mol. The lowest BCUT2D eigenvalue weighted by molar-refractivity contribution is -0.123. The minimum Gasteiger partial charge on any atom is -0.449 e. The molecule has 3 rings (SSSR count). The number of carbonyl (C=O) groups is 2. The highest BCUT2D eigenvalue weighted by atomic mass is 16.5. The Labute approximate surface area is 155 Å². The molecule has 3 heterocycles. The molecular formula is C18H19N5O4. The Morgan fingerprint density at radius 2 is 1.96 bits per heavy atom. The van der Waals surface area contributed by atoms with Gasteiger partial charge in [0.15, 0.2) is 11.9 Å². The zero-order chi connectivity index (χ0) is 19.6. The van der Waals surface area contributed by atoms with Gasteiger partial charge in [0.2, 0.25) is 5.88 Å². The molecular weight excluding hydrogens is 350 g/mol. The first-order valence-corrected chi connectivity index (χ1v) is 8.28. The summed E-state index contributed by atoms with van der Waals surface area (Å²) in [5.74, 6) is -0.398. The van der Waals surface area contributed by atoms with Crippen molar-refractivity contribution in [3.63, 3.8) is 0 Å². The predicted octanol–water partition coefficient (Wildman–Crippen LogP) is 2.36. The SMILES string of the molecule is Cc1cc(NC(=O)C(C)OC(=O)c2ccc(-n3nc(C)cc3C)nc2)on1. The molecule has 0 radical (unpaired) electrons. The number of anilines is 1. The number of aryl methyl sites for hydroxylation is 3. The van der Waals surface area contributed by atoms with Gasteiger partial charge < -0.3 is 9.26 Å². The smallest absolute Gasteiger partial charge is 0.340 e. The predicted molar refractivity (Wildman–Crippen MR) is 95.6 cm³/mol. The number of pyridine rings is 1. The Hall–Kier alpha value is -3.49. The molecule has 0 aliphatic heterocycles. The Bertz CT molecular complexity index is 974. The van der Waals surface area contributed by atoms with E-state index >= 15 is 0 Å². The molecule has 1 atom stereocenters. The highest BCUT2D eigenvalue weighted by Crippen LogP contribution is 2.13. The van der Waals surface area contributed by atoms with Crippen molar-refractivity contribution in [2.75, 3.05) is 5.32 Å². The van der Waals surface area contributed by atoms with E-state index in [0.717, 1.165) is 11.4 Å². The third-order valence-corrected chi connectivity index (χ3v) is 3.74. The summed E-state index contributed by atoms with van der Waals surface area (Å²) in [6, 6.07) is 6.73. The molecule has 0 aromatic carbocycles. The quantitative estimate of drug-likeness (QED) is 0.687. The van der Waals surface area contributed by atoms with E-state index in [-0.39, 0.29) is 11.4 Å². The van der Waals surface area contributed by atoms with Gasteiger partial charge in [0.25, 0.3) is 5.91 Å². The van der Waals surface area contributed by atoms with Gasteiger partial charge in [-0.25, -0.2) is 14.5 Å². The Kier molecular flexibility index (Phi) is 5.02. The van der Waals surface area contributed by atoms with E-state index in [4.69, 9.17) is 9.26 Å². The molecule has 0 saturated carbocycles. The first kappa shape index (κ1) is 18.3. The molecule has 27 heavy (non-hydrogen) atoms. The molecule has 3 aromatic rings. The van der Waals surface area contributed by atoms with Crippen molar-refractivity contribution in [1.29, 1.82) is 0 Å². The van der Waals surface area contributed by atoms with E-state index in [0.29, 0.717) is 11.5 Å². The first-order valence-electron chi connectivity index (χ1n) is 8.28. The van der Waals surface area contributed by atoms with Crippen molar-refractivity contribution >= 4 is 17.8 Å². The van der Waals surface area contributed by atoms with E-state index in [1.165, 1.54) is 13.1 Å². The van der Waals surface area contributed by atoms with Crippen molar-refractivity contribution in [3.8, 4) is 5.82 Å². The van der Waals surface area contributed by atoms with Gasteiger partial charge in [0, 0.05) is 18.0 Å². The summed E-state index contributed by atoms with van der Waals surface area (Å²) in [5, 5.41) is 10.5. The summed E-state index contributed by atoms with van der Waals surface area (Å²) in [7, 11) is 0. The van der Waals surface area contributed by atoms with Crippen LogP contribution in [0.2, 0.25) is 0 Å². The van der Waals surface area contributed by atoms with Crippen molar-refractivity contribution < 1.29 is 18.8 Å². The third-order valence-electron chi connectivity index (χ3n) is 3.74. The van der Waals surface area contributed by atoms with Gasteiger partial charge in [-0.05, 0) is 45.9 Å². The summed E-state index contributed by atoms with van der Waals surface area (Å²) in [6.45, 7) is 7.00. The fourth-order valence-corrected chi connectivity index (χ4v) is 2.42. The molecule has 0 aliphatic carbocycles. The molecule has 0 fully saturated rings. The summed E-state index contributed by atoms with van der Waals surface area (Å²) in [4.78, 5) is 28.5. The summed E-state index contributed by atoms with van der Waals surface area (Å²) >= 11 is 0. The summed E-state index contributed by atoms with van der Waals surface area (Å²) in [5.41, 5.74) is 2.67. The Morgan fingerprint density at radius 1 is 1.19 bits per heavy atom. The minimum absolute atomic E-state index is 0.191. The van der Waals surface area contributed by atoms with Crippen LogP contribution in [-0.4, -0.2) is 37.9 Å². The number of amides is 1. The van der Waals surface area contributed by atoms with Crippen LogP contribution in [0.1, 0.15) is 34.4 Å². The number of esters is 1. The lowest BCUT2D eigenvalue weighted by atomic mass is 10.2. The first-order chi connectivity index (χ1) is 12.8. The van der Waals surface area contributed by atoms with Crippen molar-refractivity contribution in [2.45, 2.75) is 33.8 Å². The maximum atomic E-state index is 12.2. The number of ether oxygens (including phenoxy) is 1. The van der Waals surface area contributed by atoms with Crippen LogP contribution in [-0.2, 0) is 9.53 Å². The number of hydrogen-bond donors (Lipinski definition) is 1. The van der Waals surface area contributed by atoms with Gasteiger partial charge in [0.1, 0.15) is 0 Å². The normalized spacial score (nSPS) is 11.9. The van der Waals surface area contributed by atoms with E-state index in [2.05, 4.69) is 20.6 Å². The topological polar surface area (TPSA) is 112 Å². The molecule has 9 nitrogen and oxygen atoms in total. The largest absolute Gasteiger partial charge is 0.449 e. The van der Waals surface area contributed by atoms with Gasteiger partial charge in [-0.1, -0.05) is 5.16 Å². The van der Waals surface area contributed by atoms with Crippen LogP contribution in [0, 0.1) is 20.8 Å². The fraction of sp³-hybridized carbons (Fsp3) is 0.278. The van der Waals surface area contributed by atoms with Crippen LogP contribution in [0.15, 0.2) is 35.0 Å². The molecule has 9 heteroatoms. The van der Waals surface area contributed by atoms with Crippen LogP contribution in [0.3, 0.4) is 0 Å². The minimum atomic E-state index is -1.02. The van der Waals surface area contributed by atoms with E-state index < -0.39 is 18.0 Å². The molecule has 0 bridgehead atoms. The van der Waals surface area contributed by atoms with E-state index in [9.17, 15) is 9.59 Å². The molecule has 0 spiro atoms.